The van der Waals surface area contributed by atoms with Crippen molar-refractivity contribution in [1.82, 2.24) is 5.43 Å². The Morgan fingerprint density at radius 1 is 1.33 bits per heavy atom. The molecule has 1 heterocycles. The van der Waals surface area contributed by atoms with Crippen molar-refractivity contribution in [2.75, 3.05) is 5.75 Å². The summed E-state index contributed by atoms with van der Waals surface area (Å²) in [7, 11) is 0. The van der Waals surface area contributed by atoms with Crippen LogP contribution >= 0.6 is 11.8 Å². The summed E-state index contributed by atoms with van der Waals surface area (Å²) in [5.41, 5.74) is 4.54. The van der Waals surface area contributed by atoms with Crippen LogP contribution in [0.5, 0.6) is 0 Å². The first-order valence-electron chi connectivity index (χ1n) is 6.53. The Morgan fingerprint density at radius 3 is 2.83 bits per heavy atom. The molecule has 1 aromatic carbocycles. The summed E-state index contributed by atoms with van der Waals surface area (Å²) < 4.78 is 0. The molecule has 3 rings (SSSR count). The van der Waals surface area contributed by atoms with E-state index in [-0.39, 0.29) is 11.3 Å². The van der Waals surface area contributed by atoms with Gasteiger partial charge in [0.2, 0.25) is 5.91 Å². The molecule has 18 heavy (non-hydrogen) atoms. The number of hydrogen-bond acceptors (Lipinski definition) is 3. The summed E-state index contributed by atoms with van der Waals surface area (Å²) in [6.45, 7) is 0. The highest BCUT2D eigenvalue weighted by Crippen LogP contribution is 2.45. The molecule has 2 aliphatic rings. The number of aryl methyl sites for hydroxylation is 1. The average Bonchev–Trinajstić information content (AvgIpc) is 2.37. The van der Waals surface area contributed by atoms with Gasteiger partial charge in [-0.25, -0.2) is 5.84 Å². The lowest BCUT2D eigenvalue weighted by molar-refractivity contribution is -0.130. The number of benzene rings is 1. The third kappa shape index (κ3) is 1.75. The molecule has 3 nitrogen and oxygen atoms in total. The fourth-order valence-corrected chi connectivity index (χ4v) is 3.99. The third-order valence-electron chi connectivity index (χ3n) is 4.23. The Bertz CT molecular complexity index is 483. The molecule has 96 valence electrons. The standard InChI is InChI=1S/C14H18N2OS/c15-16-13(17)14(6-2-7-14)11-4-5-12-10(9-11)3-1-8-18-12/h4-5,9H,1-3,6-8,15H2,(H,16,17). The van der Waals surface area contributed by atoms with Gasteiger partial charge in [0.25, 0.3) is 0 Å². The van der Waals surface area contributed by atoms with Crippen molar-refractivity contribution in [3.8, 4) is 0 Å². The predicted molar refractivity (Wildman–Crippen MR) is 73.3 cm³/mol. The fraction of sp³-hybridized carbons (Fsp3) is 0.500. The van der Waals surface area contributed by atoms with Crippen LogP contribution in [0.25, 0.3) is 0 Å². The van der Waals surface area contributed by atoms with Gasteiger partial charge in [-0.3, -0.25) is 10.2 Å². The highest BCUT2D eigenvalue weighted by Gasteiger charge is 2.45. The molecule has 3 N–H and O–H groups in total. The first kappa shape index (κ1) is 12.1. The van der Waals surface area contributed by atoms with Gasteiger partial charge in [-0.05, 0) is 48.6 Å². The molecule has 1 aromatic rings. The second kappa shape index (κ2) is 4.59. The van der Waals surface area contributed by atoms with Gasteiger partial charge < -0.3 is 0 Å². The van der Waals surface area contributed by atoms with Crippen molar-refractivity contribution in [2.24, 2.45) is 5.84 Å². The zero-order chi connectivity index (χ0) is 12.6. The molecule has 1 aliphatic heterocycles. The Morgan fingerprint density at radius 2 is 2.17 bits per heavy atom. The normalized spacial score (nSPS) is 20.7. The largest absolute Gasteiger partial charge is 0.293 e. The lowest BCUT2D eigenvalue weighted by Crippen LogP contribution is -2.51. The van der Waals surface area contributed by atoms with Gasteiger partial charge in [-0.15, -0.1) is 11.8 Å². The number of carbonyl (C=O) groups excluding carboxylic acids is 1. The lowest BCUT2D eigenvalue weighted by atomic mass is 9.63. The minimum atomic E-state index is -0.355. The SMILES string of the molecule is NNC(=O)C1(c2ccc3c(c2)CCCS3)CCC1. The molecule has 0 spiro atoms. The molecule has 0 unspecified atom stereocenters. The Labute approximate surface area is 111 Å². The number of nitrogens with two attached hydrogens (primary N) is 1. The Balaban J connectivity index is 1.98. The Hall–Kier alpha value is -1.00. The van der Waals surface area contributed by atoms with E-state index in [0.29, 0.717) is 0 Å². The van der Waals surface area contributed by atoms with Gasteiger partial charge >= 0.3 is 0 Å². The molecule has 0 atom stereocenters. The van der Waals surface area contributed by atoms with Crippen molar-refractivity contribution < 1.29 is 4.79 Å². The van der Waals surface area contributed by atoms with Crippen LogP contribution < -0.4 is 11.3 Å². The number of carbonyl (C=O) groups is 1. The quantitative estimate of drug-likeness (QED) is 0.488. The van der Waals surface area contributed by atoms with Crippen LogP contribution in [-0.2, 0) is 16.6 Å². The minimum Gasteiger partial charge on any atom is -0.293 e. The lowest BCUT2D eigenvalue weighted by Gasteiger charge is -2.40. The van der Waals surface area contributed by atoms with Crippen LogP contribution in [0.3, 0.4) is 0 Å². The van der Waals surface area contributed by atoms with Crippen molar-refractivity contribution in [1.29, 1.82) is 0 Å². The smallest absolute Gasteiger partial charge is 0.244 e. The van der Waals surface area contributed by atoms with E-state index >= 15 is 0 Å². The highest BCUT2D eigenvalue weighted by molar-refractivity contribution is 7.99. The van der Waals surface area contributed by atoms with Gasteiger partial charge in [0.1, 0.15) is 0 Å². The summed E-state index contributed by atoms with van der Waals surface area (Å²) in [4.78, 5) is 13.4. The average molecular weight is 262 g/mol. The van der Waals surface area contributed by atoms with E-state index in [0.717, 1.165) is 31.2 Å². The maximum Gasteiger partial charge on any atom is 0.244 e. The number of fused-ring (bicyclic) bond motifs is 1. The van der Waals surface area contributed by atoms with E-state index in [9.17, 15) is 4.79 Å². The fourth-order valence-electron chi connectivity index (χ4n) is 2.97. The van der Waals surface area contributed by atoms with Crippen LogP contribution in [0.1, 0.15) is 36.8 Å². The third-order valence-corrected chi connectivity index (χ3v) is 5.44. The van der Waals surface area contributed by atoms with E-state index in [1.54, 1.807) is 0 Å². The van der Waals surface area contributed by atoms with Crippen LogP contribution in [0.4, 0.5) is 0 Å². The molecule has 1 fully saturated rings. The van der Waals surface area contributed by atoms with E-state index in [1.165, 1.54) is 22.6 Å². The van der Waals surface area contributed by atoms with E-state index < -0.39 is 0 Å². The molecule has 4 heteroatoms. The number of amides is 1. The second-order valence-corrected chi connectivity index (χ2v) is 6.32. The van der Waals surface area contributed by atoms with E-state index in [4.69, 9.17) is 5.84 Å². The molecular formula is C14H18N2OS. The minimum absolute atomic E-state index is 0.0304. The molecule has 0 saturated heterocycles. The maximum atomic E-state index is 12.0. The summed E-state index contributed by atoms with van der Waals surface area (Å²) in [5.74, 6) is 6.52. The van der Waals surface area contributed by atoms with Crippen LogP contribution in [0.15, 0.2) is 23.1 Å². The second-order valence-electron chi connectivity index (χ2n) is 5.18. The molecule has 0 bridgehead atoms. The van der Waals surface area contributed by atoms with Gasteiger partial charge in [0.15, 0.2) is 0 Å². The first-order valence-corrected chi connectivity index (χ1v) is 7.52. The monoisotopic (exact) mass is 262 g/mol. The molecule has 0 radical (unpaired) electrons. The van der Waals surface area contributed by atoms with Crippen molar-refractivity contribution in [3.05, 3.63) is 29.3 Å². The van der Waals surface area contributed by atoms with Crippen molar-refractivity contribution in [2.45, 2.75) is 42.4 Å². The van der Waals surface area contributed by atoms with E-state index in [1.807, 2.05) is 11.8 Å². The molecule has 0 aromatic heterocycles. The number of nitrogens with one attached hydrogen (secondary N) is 1. The van der Waals surface area contributed by atoms with Crippen LogP contribution in [0, 0.1) is 0 Å². The Kier molecular flexibility index (Phi) is 3.08. The van der Waals surface area contributed by atoms with Crippen LogP contribution in [0.2, 0.25) is 0 Å². The molecule has 1 amide bonds. The summed E-state index contributed by atoms with van der Waals surface area (Å²) in [5, 5.41) is 0. The van der Waals surface area contributed by atoms with Crippen LogP contribution in [-0.4, -0.2) is 11.7 Å². The number of hydrazine groups is 1. The maximum absolute atomic E-state index is 12.0. The number of rotatable bonds is 2. The summed E-state index contributed by atoms with van der Waals surface area (Å²) in [6.07, 6.45) is 5.32. The van der Waals surface area contributed by atoms with Gasteiger partial charge in [0.05, 0.1) is 5.41 Å². The van der Waals surface area contributed by atoms with Crippen molar-refractivity contribution in [3.63, 3.8) is 0 Å². The van der Waals surface area contributed by atoms with Gasteiger partial charge in [-0.2, -0.15) is 0 Å². The molecular weight excluding hydrogens is 244 g/mol. The zero-order valence-electron chi connectivity index (χ0n) is 10.4. The number of thioether (sulfide) groups is 1. The predicted octanol–water partition coefficient (Wildman–Crippen LogP) is 2.14. The van der Waals surface area contributed by atoms with Gasteiger partial charge in [0, 0.05) is 4.90 Å². The summed E-state index contributed by atoms with van der Waals surface area (Å²) in [6, 6.07) is 6.53. The van der Waals surface area contributed by atoms with Gasteiger partial charge in [-0.1, -0.05) is 18.6 Å². The summed E-state index contributed by atoms with van der Waals surface area (Å²) >= 11 is 1.92. The molecule has 1 aliphatic carbocycles. The molecule has 1 saturated carbocycles. The van der Waals surface area contributed by atoms with E-state index in [2.05, 4.69) is 23.6 Å². The topological polar surface area (TPSA) is 55.1 Å². The number of hydrogen-bond donors (Lipinski definition) is 2. The zero-order valence-corrected chi connectivity index (χ0v) is 11.2. The van der Waals surface area contributed by atoms with Crippen molar-refractivity contribution >= 4 is 17.7 Å². The first-order chi connectivity index (χ1) is 8.76. The highest BCUT2D eigenvalue weighted by atomic mass is 32.2.